The first-order valence-electron chi connectivity index (χ1n) is 6.87. The molecule has 5 heteroatoms. The van der Waals surface area contributed by atoms with E-state index >= 15 is 0 Å². The first kappa shape index (κ1) is 16.2. The molecule has 1 atom stereocenters. The summed E-state index contributed by atoms with van der Waals surface area (Å²) >= 11 is 0. The van der Waals surface area contributed by atoms with Gasteiger partial charge in [-0.15, -0.1) is 0 Å². The van der Waals surface area contributed by atoms with Crippen molar-refractivity contribution in [2.45, 2.75) is 33.2 Å². The number of hydrogen-bond donors (Lipinski definition) is 3. The molecule has 1 rings (SSSR count). The van der Waals surface area contributed by atoms with Gasteiger partial charge in [0.15, 0.2) is 0 Å². The lowest BCUT2D eigenvalue weighted by atomic mass is 10.0. The maximum Gasteiger partial charge on any atom is 0.251 e. The van der Waals surface area contributed by atoms with Crippen LogP contribution in [0.4, 0.5) is 5.69 Å². The zero-order valence-corrected chi connectivity index (χ0v) is 12.3. The quantitative estimate of drug-likeness (QED) is 0.740. The summed E-state index contributed by atoms with van der Waals surface area (Å²) in [4.78, 5) is 23.4. The zero-order valence-electron chi connectivity index (χ0n) is 12.3. The lowest BCUT2D eigenvalue weighted by Crippen LogP contribution is -2.31. The summed E-state index contributed by atoms with van der Waals surface area (Å²) in [5.41, 5.74) is 7.09. The van der Waals surface area contributed by atoms with Crippen molar-refractivity contribution in [3.63, 3.8) is 0 Å². The first-order chi connectivity index (χ1) is 9.43. The number of hydrogen-bond acceptors (Lipinski definition) is 3. The maximum absolute atomic E-state index is 11.8. The smallest absolute Gasteiger partial charge is 0.251 e. The van der Waals surface area contributed by atoms with E-state index < -0.39 is 0 Å². The molecule has 0 saturated heterocycles. The molecule has 5 nitrogen and oxygen atoms in total. The Kier molecular flexibility index (Phi) is 6.18. The molecule has 0 bridgehead atoms. The van der Waals surface area contributed by atoms with Gasteiger partial charge in [-0.1, -0.05) is 13.8 Å². The van der Waals surface area contributed by atoms with Gasteiger partial charge in [-0.3, -0.25) is 9.59 Å². The predicted molar refractivity (Wildman–Crippen MR) is 80.5 cm³/mol. The average Bonchev–Trinajstić information content (AvgIpc) is 2.39. The molecule has 2 amide bonds. The molecule has 0 heterocycles. The fourth-order valence-corrected chi connectivity index (χ4v) is 1.63. The molecule has 0 radical (unpaired) electrons. The van der Waals surface area contributed by atoms with Crippen LogP contribution in [0, 0.1) is 5.92 Å². The monoisotopic (exact) mass is 277 g/mol. The van der Waals surface area contributed by atoms with E-state index in [1.54, 1.807) is 24.3 Å². The molecule has 1 unspecified atom stereocenters. The Hall–Kier alpha value is -1.88. The second kappa shape index (κ2) is 7.65. The number of carbonyl (C=O) groups is 2. The number of carbonyl (C=O) groups excluding carboxylic acids is 2. The van der Waals surface area contributed by atoms with E-state index in [1.807, 2.05) is 20.8 Å². The van der Waals surface area contributed by atoms with Crippen molar-refractivity contribution >= 4 is 17.5 Å². The number of anilines is 1. The normalized spacial score (nSPS) is 12.1. The molecular formula is C15H23N3O2. The minimum atomic E-state index is -0.149. The van der Waals surface area contributed by atoms with E-state index in [0.717, 1.165) is 0 Å². The SMILES string of the molecule is CCNC(=O)c1ccc(NC(=O)CC(N)C(C)C)cc1. The van der Waals surface area contributed by atoms with Gasteiger partial charge in [-0.05, 0) is 37.1 Å². The summed E-state index contributed by atoms with van der Waals surface area (Å²) in [6, 6.07) is 6.64. The van der Waals surface area contributed by atoms with Crippen molar-refractivity contribution in [3.05, 3.63) is 29.8 Å². The van der Waals surface area contributed by atoms with E-state index in [4.69, 9.17) is 5.73 Å². The fraction of sp³-hybridized carbons (Fsp3) is 0.467. The summed E-state index contributed by atoms with van der Waals surface area (Å²) in [7, 11) is 0. The molecule has 0 spiro atoms. The zero-order chi connectivity index (χ0) is 15.1. The molecule has 20 heavy (non-hydrogen) atoms. The van der Waals surface area contributed by atoms with E-state index in [1.165, 1.54) is 0 Å². The van der Waals surface area contributed by atoms with Crippen LogP contribution in [0.3, 0.4) is 0 Å². The van der Waals surface area contributed by atoms with Crippen molar-refractivity contribution in [1.82, 2.24) is 5.32 Å². The van der Waals surface area contributed by atoms with E-state index in [9.17, 15) is 9.59 Å². The molecule has 0 aliphatic heterocycles. The molecule has 0 aliphatic rings. The van der Waals surface area contributed by atoms with Crippen molar-refractivity contribution < 1.29 is 9.59 Å². The molecule has 1 aromatic rings. The van der Waals surface area contributed by atoms with Crippen LogP contribution in [0.1, 0.15) is 37.6 Å². The standard InChI is InChI=1S/C15H23N3O2/c1-4-17-15(20)11-5-7-12(8-6-11)18-14(19)9-13(16)10(2)3/h5-8,10,13H,4,9,16H2,1-3H3,(H,17,20)(H,18,19). The Balaban J connectivity index is 2.57. The Morgan fingerprint density at radius 3 is 2.30 bits per heavy atom. The van der Waals surface area contributed by atoms with Crippen LogP contribution >= 0.6 is 0 Å². The van der Waals surface area contributed by atoms with Gasteiger partial charge in [0.2, 0.25) is 5.91 Å². The number of benzene rings is 1. The van der Waals surface area contributed by atoms with E-state index in [0.29, 0.717) is 17.8 Å². The topological polar surface area (TPSA) is 84.2 Å². The molecule has 110 valence electrons. The highest BCUT2D eigenvalue weighted by Crippen LogP contribution is 2.11. The maximum atomic E-state index is 11.8. The van der Waals surface area contributed by atoms with Crippen molar-refractivity contribution in [3.8, 4) is 0 Å². The Labute approximate surface area is 119 Å². The third kappa shape index (κ3) is 5.01. The molecule has 4 N–H and O–H groups in total. The van der Waals surface area contributed by atoms with Gasteiger partial charge in [0.25, 0.3) is 5.91 Å². The number of nitrogens with one attached hydrogen (secondary N) is 2. The van der Waals surface area contributed by atoms with Crippen LogP contribution in [0.5, 0.6) is 0 Å². The van der Waals surface area contributed by atoms with Crippen LogP contribution in [0.15, 0.2) is 24.3 Å². The van der Waals surface area contributed by atoms with Crippen LogP contribution in [-0.4, -0.2) is 24.4 Å². The molecular weight excluding hydrogens is 254 g/mol. The largest absolute Gasteiger partial charge is 0.352 e. The summed E-state index contributed by atoms with van der Waals surface area (Å²) in [5.74, 6) is 0.0324. The lowest BCUT2D eigenvalue weighted by Gasteiger charge is -2.15. The van der Waals surface area contributed by atoms with Gasteiger partial charge < -0.3 is 16.4 Å². The second-order valence-corrected chi connectivity index (χ2v) is 5.10. The van der Waals surface area contributed by atoms with E-state index in [-0.39, 0.29) is 30.2 Å². The highest BCUT2D eigenvalue weighted by Gasteiger charge is 2.13. The van der Waals surface area contributed by atoms with Gasteiger partial charge in [-0.25, -0.2) is 0 Å². The molecule has 0 fully saturated rings. The minimum absolute atomic E-state index is 0.114. The average molecular weight is 277 g/mol. The van der Waals surface area contributed by atoms with Crippen molar-refractivity contribution in [2.75, 3.05) is 11.9 Å². The number of nitrogens with two attached hydrogens (primary N) is 1. The van der Waals surface area contributed by atoms with Crippen LogP contribution in [-0.2, 0) is 4.79 Å². The van der Waals surface area contributed by atoms with E-state index in [2.05, 4.69) is 10.6 Å². The van der Waals surface area contributed by atoms with Gasteiger partial charge >= 0.3 is 0 Å². The highest BCUT2D eigenvalue weighted by molar-refractivity contribution is 5.95. The summed E-state index contributed by atoms with van der Waals surface area (Å²) in [6.45, 7) is 6.42. The number of amides is 2. The summed E-state index contributed by atoms with van der Waals surface area (Å²) in [6.07, 6.45) is 0.287. The molecule has 0 saturated carbocycles. The van der Waals surface area contributed by atoms with Crippen LogP contribution in [0.2, 0.25) is 0 Å². The van der Waals surface area contributed by atoms with Gasteiger partial charge in [0.05, 0.1) is 0 Å². The fourth-order valence-electron chi connectivity index (χ4n) is 1.63. The summed E-state index contributed by atoms with van der Waals surface area (Å²) in [5, 5.41) is 5.49. The predicted octanol–water partition coefficient (Wildman–Crippen LogP) is 1.75. The van der Waals surface area contributed by atoms with Crippen molar-refractivity contribution in [2.24, 2.45) is 11.7 Å². The Morgan fingerprint density at radius 2 is 1.80 bits per heavy atom. The van der Waals surface area contributed by atoms with Crippen LogP contribution in [0.25, 0.3) is 0 Å². The van der Waals surface area contributed by atoms with Gasteiger partial charge in [0, 0.05) is 30.3 Å². The Bertz CT molecular complexity index is 455. The molecule has 0 aliphatic carbocycles. The van der Waals surface area contributed by atoms with Crippen molar-refractivity contribution in [1.29, 1.82) is 0 Å². The van der Waals surface area contributed by atoms with Crippen LogP contribution < -0.4 is 16.4 Å². The number of rotatable bonds is 6. The second-order valence-electron chi connectivity index (χ2n) is 5.10. The Morgan fingerprint density at radius 1 is 1.20 bits per heavy atom. The van der Waals surface area contributed by atoms with Gasteiger partial charge in [0.1, 0.15) is 0 Å². The highest BCUT2D eigenvalue weighted by atomic mass is 16.2. The first-order valence-corrected chi connectivity index (χ1v) is 6.87. The lowest BCUT2D eigenvalue weighted by molar-refractivity contribution is -0.116. The summed E-state index contributed by atoms with van der Waals surface area (Å²) < 4.78 is 0. The third-order valence-electron chi connectivity index (χ3n) is 3.05. The van der Waals surface area contributed by atoms with Gasteiger partial charge in [-0.2, -0.15) is 0 Å². The third-order valence-corrected chi connectivity index (χ3v) is 3.05. The molecule has 0 aromatic heterocycles. The minimum Gasteiger partial charge on any atom is -0.352 e. The molecule has 1 aromatic carbocycles.